The average molecular weight is 327 g/mol. The van der Waals surface area contributed by atoms with E-state index in [0.29, 0.717) is 30.3 Å². The zero-order valence-corrected chi connectivity index (χ0v) is 12.2. The third-order valence-corrected chi connectivity index (χ3v) is 4.50. The zero-order valence-electron chi connectivity index (χ0n) is 10.6. The summed E-state index contributed by atoms with van der Waals surface area (Å²) in [5.74, 6) is -0.0882. The van der Waals surface area contributed by atoms with Crippen LogP contribution in [0, 0.1) is 5.41 Å². The molecule has 1 heterocycles. The van der Waals surface area contributed by atoms with Gasteiger partial charge in [-0.2, -0.15) is 0 Å². The Kier molecular flexibility index (Phi) is 2.96. The summed E-state index contributed by atoms with van der Waals surface area (Å²) in [5.41, 5.74) is 0.894. The summed E-state index contributed by atoms with van der Waals surface area (Å²) in [5, 5.41) is 9.09. The van der Waals surface area contributed by atoms with Crippen LogP contribution in [-0.4, -0.2) is 24.3 Å². The number of halogens is 1. The Labute approximate surface area is 119 Å². The molecule has 1 fully saturated rings. The Balaban J connectivity index is 1.95. The minimum Gasteiger partial charge on any atom is -0.489 e. The lowest BCUT2D eigenvalue weighted by Crippen LogP contribution is -2.17. The molecule has 1 aliphatic carbocycles. The normalized spacial score (nSPS) is 20.7. The average Bonchev–Trinajstić information content (AvgIpc) is 3.16. The van der Waals surface area contributed by atoms with Gasteiger partial charge < -0.3 is 14.6 Å². The molecular formula is C14H15BrO4. The summed E-state index contributed by atoms with van der Waals surface area (Å²) in [4.78, 5) is 11.1. The fraction of sp³-hybridized carbons (Fsp3) is 0.500. The largest absolute Gasteiger partial charge is 0.489 e. The molecule has 4 nitrogen and oxygen atoms in total. The van der Waals surface area contributed by atoms with E-state index in [1.54, 1.807) is 19.1 Å². The first-order valence-corrected chi connectivity index (χ1v) is 7.12. The van der Waals surface area contributed by atoms with Gasteiger partial charge in [0.2, 0.25) is 0 Å². The van der Waals surface area contributed by atoms with Gasteiger partial charge in [0.15, 0.2) is 11.5 Å². The number of aliphatic carboxylic acids is 1. The molecular weight excluding hydrogens is 312 g/mol. The van der Waals surface area contributed by atoms with E-state index >= 15 is 0 Å². The molecule has 1 N–H and O–H groups in total. The number of hydrogen-bond acceptors (Lipinski definition) is 3. The van der Waals surface area contributed by atoms with E-state index in [9.17, 15) is 4.79 Å². The number of carbonyl (C=O) groups is 1. The van der Waals surface area contributed by atoms with Crippen molar-refractivity contribution in [3.8, 4) is 11.5 Å². The summed E-state index contributed by atoms with van der Waals surface area (Å²) >= 11 is 3.45. The van der Waals surface area contributed by atoms with Gasteiger partial charge >= 0.3 is 5.97 Å². The lowest BCUT2D eigenvalue weighted by Gasteiger charge is -2.13. The molecule has 1 aromatic carbocycles. The zero-order chi connectivity index (χ0) is 13.6. The fourth-order valence-electron chi connectivity index (χ4n) is 2.19. The van der Waals surface area contributed by atoms with E-state index in [2.05, 4.69) is 15.9 Å². The molecule has 2 aliphatic rings. The molecule has 0 aromatic heterocycles. The van der Waals surface area contributed by atoms with Gasteiger partial charge in [-0.3, -0.25) is 4.79 Å². The highest BCUT2D eigenvalue weighted by Gasteiger charge is 2.46. The maximum absolute atomic E-state index is 11.1. The standard InChI is InChI=1S/C14H15BrO4/c1-8(13(16)17)9-4-10(15)12-11(5-9)18-6-14(2-3-14)7-19-12/h4-5,8H,2-3,6-7H2,1H3,(H,16,17). The lowest BCUT2D eigenvalue weighted by atomic mass is 10.0. The topological polar surface area (TPSA) is 55.8 Å². The van der Waals surface area contributed by atoms with Crippen LogP contribution in [0.2, 0.25) is 0 Å². The highest BCUT2D eigenvalue weighted by atomic mass is 79.9. The van der Waals surface area contributed by atoms with Gasteiger partial charge in [-0.05, 0) is 53.4 Å². The van der Waals surface area contributed by atoms with Crippen molar-refractivity contribution >= 4 is 21.9 Å². The molecule has 3 rings (SSSR count). The Morgan fingerprint density at radius 3 is 2.68 bits per heavy atom. The smallest absolute Gasteiger partial charge is 0.310 e. The first kappa shape index (κ1) is 12.8. The fourth-order valence-corrected chi connectivity index (χ4v) is 2.77. The van der Waals surface area contributed by atoms with Crippen molar-refractivity contribution in [2.45, 2.75) is 25.7 Å². The Bertz CT molecular complexity index is 536. The minimum atomic E-state index is -0.847. The van der Waals surface area contributed by atoms with Gasteiger partial charge in [0.25, 0.3) is 0 Å². The van der Waals surface area contributed by atoms with Gasteiger partial charge in [-0.15, -0.1) is 0 Å². The van der Waals surface area contributed by atoms with Crippen molar-refractivity contribution in [1.29, 1.82) is 0 Å². The van der Waals surface area contributed by atoms with Crippen LogP contribution in [0.5, 0.6) is 11.5 Å². The number of carboxylic acid groups (broad SMARTS) is 1. The van der Waals surface area contributed by atoms with Gasteiger partial charge in [0.1, 0.15) is 0 Å². The third-order valence-electron chi connectivity index (χ3n) is 3.92. The number of hydrogen-bond donors (Lipinski definition) is 1. The highest BCUT2D eigenvalue weighted by Crippen LogP contribution is 2.50. The van der Waals surface area contributed by atoms with Crippen LogP contribution < -0.4 is 9.47 Å². The second kappa shape index (κ2) is 4.40. The molecule has 102 valence electrons. The maximum atomic E-state index is 11.1. The van der Waals surface area contributed by atoms with Crippen LogP contribution in [-0.2, 0) is 4.79 Å². The van der Waals surface area contributed by atoms with Gasteiger partial charge in [-0.25, -0.2) is 0 Å². The van der Waals surface area contributed by atoms with Gasteiger partial charge in [0, 0.05) is 5.41 Å². The van der Waals surface area contributed by atoms with Gasteiger partial charge in [-0.1, -0.05) is 0 Å². The number of benzene rings is 1. The summed E-state index contributed by atoms with van der Waals surface area (Å²) in [6.45, 7) is 2.99. The molecule has 19 heavy (non-hydrogen) atoms. The summed E-state index contributed by atoms with van der Waals surface area (Å²) < 4.78 is 12.4. The van der Waals surface area contributed by atoms with E-state index < -0.39 is 11.9 Å². The first-order valence-electron chi connectivity index (χ1n) is 6.33. The van der Waals surface area contributed by atoms with E-state index in [1.165, 1.54) is 0 Å². The molecule has 0 amide bonds. The van der Waals surface area contributed by atoms with Crippen molar-refractivity contribution in [2.75, 3.05) is 13.2 Å². The predicted octanol–water partition coefficient (Wildman–Crippen LogP) is 3.19. The Morgan fingerprint density at radius 2 is 2.05 bits per heavy atom. The summed E-state index contributed by atoms with van der Waals surface area (Å²) in [7, 11) is 0. The van der Waals surface area contributed by atoms with E-state index in [4.69, 9.17) is 14.6 Å². The molecule has 1 saturated carbocycles. The second-order valence-corrected chi connectivity index (χ2v) is 6.32. The van der Waals surface area contributed by atoms with Crippen molar-refractivity contribution in [1.82, 2.24) is 0 Å². The Morgan fingerprint density at radius 1 is 1.37 bits per heavy atom. The van der Waals surface area contributed by atoms with Crippen LogP contribution >= 0.6 is 15.9 Å². The number of rotatable bonds is 2. The monoisotopic (exact) mass is 326 g/mol. The molecule has 0 bridgehead atoms. The molecule has 0 radical (unpaired) electrons. The second-order valence-electron chi connectivity index (χ2n) is 5.47. The number of carboxylic acids is 1. The number of ether oxygens (including phenoxy) is 2. The van der Waals surface area contributed by atoms with Crippen LogP contribution in [0.25, 0.3) is 0 Å². The highest BCUT2D eigenvalue weighted by molar-refractivity contribution is 9.10. The van der Waals surface area contributed by atoms with Crippen molar-refractivity contribution in [3.05, 3.63) is 22.2 Å². The van der Waals surface area contributed by atoms with E-state index in [0.717, 1.165) is 17.3 Å². The molecule has 1 aromatic rings. The molecule has 0 saturated heterocycles. The van der Waals surface area contributed by atoms with Crippen molar-refractivity contribution < 1.29 is 19.4 Å². The maximum Gasteiger partial charge on any atom is 0.310 e. The summed E-state index contributed by atoms with van der Waals surface area (Å²) in [6.07, 6.45) is 2.27. The van der Waals surface area contributed by atoms with Crippen LogP contribution in [0.4, 0.5) is 0 Å². The van der Waals surface area contributed by atoms with Crippen LogP contribution in [0.1, 0.15) is 31.2 Å². The number of fused-ring (bicyclic) bond motifs is 1. The van der Waals surface area contributed by atoms with Crippen LogP contribution in [0.3, 0.4) is 0 Å². The minimum absolute atomic E-state index is 0.178. The molecule has 1 unspecified atom stereocenters. The predicted molar refractivity (Wildman–Crippen MR) is 72.8 cm³/mol. The molecule has 1 atom stereocenters. The van der Waals surface area contributed by atoms with Crippen molar-refractivity contribution in [2.24, 2.45) is 5.41 Å². The first-order chi connectivity index (χ1) is 9.01. The van der Waals surface area contributed by atoms with Crippen LogP contribution in [0.15, 0.2) is 16.6 Å². The quantitative estimate of drug-likeness (QED) is 0.906. The summed E-state index contributed by atoms with van der Waals surface area (Å²) in [6, 6.07) is 3.58. The van der Waals surface area contributed by atoms with E-state index in [-0.39, 0.29) is 5.41 Å². The molecule has 1 spiro atoms. The van der Waals surface area contributed by atoms with Crippen molar-refractivity contribution in [3.63, 3.8) is 0 Å². The lowest BCUT2D eigenvalue weighted by molar-refractivity contribution is -0.138. The Hall–Kier alpha value is -1.23. The molecule has 1 aliphatic heterocycles. The molecule has 5 heteroatoms. The SMILES string of the molecule is CC(C(=O)O)c1cc(Br)c2c(c1)OCC1(CC1)CO2. The third kappa shape index (κ3) is 2.31. The van der Waals surface area contributed by atoms with Gasteiger partial charge in [0.05, 0.1) is 23.6 Å². The van der Waals surface area contributed by atoms with E-state index in [1.807, 2.05) is 0 Å².